The van der Waals surface area contributed by atoms with Gasteiger partial charge in [-0.2, -0.15) is 4.31 Å². The van der Waals surface area contributed by atoms with E-state index in [2.05, 4.69) is 5.32 Å². The second-order valence-corrected chi connectivity index (χ2v) is 14.2. The van der Waals surface area contributed by atoms with Crippen molar-refractivity contribution in [3.8, 4) is 5.75 Å². The van der Waals surface area contributed by atoms with Crippen LogP contribution in [-0.2, 0) is 30.8 Å². The minimum absolute atomic E-state index is 0.0371. The lowest BCUT2D eigenvalue weighted by Crippen LogP contribution is -2.53. The molecule has 4 rings (SSSR count). The quantitative estimate of drug-likeness (QED) is 0.193. The van der Waals surface area contributed by atoms with Crippen molar-refractivity contribution in [2.24, 2.45) is 5.92 Å². The number of nitrogens with zero attached hydrogens (tertiary/aromatic N) is 3. The molecule has 1 aliphatic rings. The van der Waals surface area contributed by atoms with E-state index >= 15 is 0 Å². The minimum Gasteiger partial charge on any atom is -0.497 e. The molecule has 3 aromatic rings. The van der Waals surface area contributed by atoms with Crippen LogP contribution in [0.4, 0.5) is 11.4 Å². The summed E-state index contributed by atoms with van der Waals surface area (Å²) in [5.41, 5.74) is 7.73. The highest BCUT2D eigenvalue weighted by molar-refractivity contribution is 7.89. The fourth-order valence-electron chi connectivity index (χ4n) is 5.49. The summed E-state index contributed by atoms with van der Waals surface area (Å²) in [4.78, 5) is 30.5. The molecule has 48 heavy (non-hydrogen) atoms. The molecule has 0 aromatic heterocycles. The number of methoxy groups -OCH3 is 1. The number of rotatable bonds is 16. The van der Waals surface area contributed by atoms with Crippen LogP contribution < -0.4 is 20.7 Å². The SMILES string of the molecule is COc1ccc(N(CC(=O)N[C@@H](Cc2ccccc2)[C@@H](O)CN(CC(C)C)S(=O)(=O)c2ccc(N)cc2)CC(=O)N2CCOCC2)cc1. The van der Waals surface area contributed by atoms with Gasteiger partial charge in [0.05, 0.1) is 50.5 Å². The molecule has 0 radical (unpaired) electrons. The monoisotopic (exact) mass is 681 g/mol. The number of benzene rings is 3. The predicted molar refractivity (Wildman–Crippen MR) is 185 cm³/mol. The second kappa shape index (κ2) is 17.3. The maximum atomic E-state index is 13.7. The van der Waals surface area contributed by atoms with Crippen LogP contribution in [0.5, 0.6) is 5.75 Å². The Labute approximate surface area is 283 Å². The van der Waals surface area contributed by atoms with Crippen LogP contribution in [-0.4, -0.2) is 106 Å². The van der Waals surface area contributed by atoms with Gasteiger partial charge in [0.2, 0.25) is 21.8 Å². The number of anilines is 2. The van der Waals surface area contributed by atoms with Gasteiger partial charge in [0.1, 0.15) is 5.75 Å². The summed E-state index contributed by atoms with van der Waals surface area (Å²) >= 11 is 0. The van der Waals surface area contributed by atoms with Crippen LogP contribution in [0.3, 0.4) is 0 Å². The van der Waals surface area contributed by atoms with Gasteiger partial charge in [-0.05, 0) is 66.4 Å². The first-order valence-electron chi connectivity index (χ1n) is 16.1. The summed E-state index contributed by atoms with van der Waals surface area (Å²) in [6, 6.07) is 21.5. The van der Waals surface area contributed by atoms with Crippen LogP contribution >= 0.6 is 0 Å². The van der Waals surface area contributed by atoms with E-state index in [4.69, 9.17) is 15.2 Å². The number of nitrogen functional groups attached to an aromatic ring is 1. The standard InChI is InChI=1S/C35H47N5O7S/c1-26(2)22-40(48(44,45)31-15-9-28(36)10-16-31)23-33(41)32(21-27-7-5-4-6-8-27)37-34(42)24-39(29-11-13-30(46-3)14-12-29)25-35(43)38-17-19-47-20-18-38/h4-16,26,32-33,41H,17-25,36H2,1-3H3,(H,37,42)/t32-,33-/m0/s1. The molecule has 0 spiro atoms. The average molecular weight is 682 g/mol. The third kappa shape index (κ3) is 10.4. The number of amides is 2. The Morgan fingerprint density at radius 2 is 1.60 bits per heavy atom. The number of hydrogen-bond donors (Lipinski definition) is 3. The summed E-state index contributed by atoms with van der Waals surface area (Å²) in [5, 5.41) is 14.6. The molecule has 1 heterocycles. The molecule has 4 N–H and O–H groups in total. The molecule has 13 heteroatoms. The van der Waals surface area contributed by atoms with Gasteiger partial charge >= 0.3 is 0 Å². The van der Waals surface area contributed by atoms with Crippen molar-refractivity contribution >= 4 is 33.2 Å². The molecule has 0 aliphatic carbocycles. The predicted octanol–water partition coefficient (Wildman–Crippen LogP) is 2.38. The van der Waals surface area contributed by atoms with Crippen molar-refractivity contribution in [1.82, 2.24) is 14.5 Å². The number of carbonyl (C=O) groups excluding carboxylic acids is 2. The zero-order valence-corrected chi connectivity index (χ0v) is 28.6. The number of aliphatic hydroxyl groups excluding tert-OH is 1. The Balaban J connectivity index is 1.57. The molecule has 1 fully saturated rings. The molecule has 0 saturated carbocycles. The molecule has 1 saturated heterocycles. The highest BCUT2D eigenvalue weighted by Crippen LogP contribution is 2.22. The number of ether oxygens (including phenoxy) is 2. The third-order valence-electron chi connectivity index (χ3n) is 8.05. The van der Waals surface area contributed by atoms with Gasteiger partial charge < -0.3 is 35.4 Å². The summed E-state index contributed by atoms with van der Waals surface area (Å²) in [5.74, 6) is 0.0240. The van der Waals surface area contributed by atoms with Gasteiger partial charge in [0.15, 0.2) is 0 Å². The van der Waals surface area contributed by atoms with Crippen molar-refractivity contribution in [1.29, 1.82) is 0 Å². The maximum Gasteiger partial charge on any atom is 0.243 e. The van der Waals surface area contributed by atoms with Gasteiger partial charge in [-0.1, -0.05) is 44.2 Å². The number of nitrogens with one attached hydrogen (secondary N) is 1. The molecule has 2 atom stereocenters. The molecule has 260 valence electrons. The summed E-state index contributed by atoms with van der Waals surface area (Å²) in [6.07, 6.45) is -1.01. The lowest BCUT2D eigenvalue weighted by Gasteiger charge is -2.32. The van der Waals surface area contributed by atoms with E-state index in [0.717, 1.165) is 5.56 Å². The number of hydrogen-bond acceptors (Lipinski definition) is 9. The van der Waals surface area contributed by atoms with E-state index in [-0.39, 0.29) is 49.3 Å². The fraction of sp³-hybridized carbons (Fsp3) is 0.429. The average Bonchev–Trinajstić information content (AvgIpc) is 3.08. The summed E-state index contributed by atoms with van der Waals surface area (Å²) in [6.45, 7) is 5.32. The Bertz CT molecular complexity index is 1570. The largest absolute Gasteiger partial charge is 0.497 e. The zero-order valence-electron chi connectivity index (χ0n) is 27.8. The van der Waals surface area contributed by atoms with Crippen molar-refractivity contribution in [2.45, 2.75) is 37.3 Å². The van der Waals surface area contributed by atoms with Gasteiger partial charge in [-0.3, -0.25) is 9.59 Å². The number of carbonyl (C=O) groups is 2. The van der Waals surface area contributed by atoms with Crippen molar-refractivity contribution < 1.29 is 32.6 Å². The number of sulfonamides is 1. The fourth-order valence-corrected chi connectivity index (χ4v) is 7.11. The molecule has 3 aromatic carbocycles. The van der Waals surface area contributed by atoms with Crippen molar-refractivity contribution in [2.75, 3.05) is 70.2 Å². The normalized spacial score (nSPS) is 14.8. The first kappa shape index (κ1) is 36.7. The number of aliphatic hydroxyl groups is 1. The Kier molecular flexibility index (Phi) is 13.2. The number of morpholine rings is 1. The van der Waals surface area contributed by atoms with E-state index in [0.29, 0.717) is 43.4 Å². The molecule has 1 aliphatic heterocycles. The van der Waals surface area contributed by atoms with E-state index in [1.807, 2.05) is 44.2 Å². The molecule has 12 nitrogen and oxygen atoms in total. The molecule has 0 bridgehead atoms. The summed E-state index contributed by atoms with van der Waals surface area (Å²) in [7, 11) is -2.43. The second-order valence-electron chi connectivity index (χ2n) is 12.3. The minimum atomic E-state index is -3.99. The Hall–Kier alpha value is -4.17. The van der Waals surface area contributed by atoms with E-state index in [9.17, 15) is 23.1 Å². The van der Waals surface area contributed by atoms with Crippen LogP contribution in [0.1, 0.15) is 19.4 Å². The highest BCUT2D eigenvalue weighted by Gasteiger charge is 2.32. The first-order valence-corrected chi connectivity index (χ1v) is 17.5. The van der Waals surface area contributed by atoms with Crippen molar-refractivity contribution in [3.05, 3.63) is 84.4 Å². The van der Waals surface area contributed by atoms with Gasteiger partial charge in [0, 0.05) is 37.6 Å². The maximum absolute atomic E-state index is 13.7. The van der Waals surface area contributed by atoms with Crippen LogP contribution in [0, 0.1) is 5.92 Å². The topological polar surface area (TPSA) is 155 Å². The van der Waals surface area contributed by atoms with Crippen LogP contribution in [0.2, 0.25) is 0 Å². The van der Waals surface area contributed by atoms with Crippen LogP contribution in [0.15, 0.2) is 83.8 Å². The Morgan fingerprint density at radius 1 is 0.958 bits per heavy atom. The molecule has 0 unspecified atom stereocenters. The van der Waals surface area contributed by atoms with Gasteiger partial charge in [-0.25, -0.2) is 8.42 Å². The zero-order chi connectivity index (χ0) is 34.7. The third-order valence-corrected chi connectivity index (χ3v) is 9.89. The van der Waals surface area contributed by atoms with E-state index < -0.39 is 28.1 Å². The van der Waals surface area contributed by atoms with Crippen molar-refractivity contribution in [3.63, 3.8) is 0 Å². The number of nitrogens with two attached hydrogens (primary N) is 1. The van der Waals surface area contributed by atoms with E-state index in [1.54, 1.807) is 41.2 Å². The van der Waals surface area contributed by atoms with Gasteiger partial charge in [0.25, 0.3) is 0 Å². The molecular weight excluding hydrogens is 634 g/mol. The lowest BCUT2D eigenvalue weighted by atomic mass is 10.0. The summed E-state index contributed by atoms with van der Waals surface area (Å²) < 4.78 is 39.4. The van der Waals surface area contributed by atoms with Gasteiger partial charge in [-0.15, -0.1) is 0 Å². The molecular formula is C35H47N5O7S. The van der Waals surface area contributed by atoms with E-state index in [1.165, 1.54) is 28.6 Å². The van der Waals surface area contributed by atoms with Crippen LogP contribution in [0.25, 0.3) is 0 Å². The first-order chi connectivity index (χ1) is 23.0. The highest BCUT2D eigenvalue weighted by atomic mass is 32.2. The molecule has 2 amide bonds. The lowest BCUT2D eigenvalue weighted by molar-refractivity contribution is -0.133. The smallest absolute Gasteiger partial charge is 0.243 e. The Morgan fingerprint density at radius 3 is 2.21 bits per heavy atom.